The van der Waals surface area contributed by atoms with Gasteiger partial charge < -0.3 is 27.7 Å². The molecule has 0 aromatic heterocycles. The Labute approximate surface area is 220 Å². The summed E-state index contributed by atoms with van der Waals surface area (Å²) in [5.74, 6) is 0. The van der Waals surface area contributed by atoms with E-state index in [0.717, 1.165) is 0 Å². The molecule has 0 aromatic carbocycles. The molecule has 0 atom stereocenters. The Morgan fingerprint density at radius 2 is 0.556 bits per heavy atom. The van der Waals surface area contributed by atoms with Gasteiger partial charge >= 0.3 is 162 Å². The maximum Gasteiger partial charge on any atom is 1.00 e. The zero-order valence-corrected chi connectivity index (χ0v) is 20.2. The molecule has 0 fully saturated rings. The van der Waals surface area contributed by atoms with E-state index in [0.29, 0.717) is 0 Å². The Kier molecular flexibility index (Phi) is 514. The summed E-state index contributed by atoms with van der Waals surface area (Å²) in [5.41, 5.74) is 0. The second-order valence-corrected chi connectivity index (χ2v) is 0. The zero-order chi connectivity index (χ0) is 0. The topological polar surface area (TPSA) is 0 Å². The molecule has 0 heterocycles. The van der Waals surface area contributed by atoms with Crippen LogP contribution in [0.25, 0.3) is 0 Å². The molecule has 0 bridgehead atoms. The van der Waals surface area contributed by atoms with Crippen molar-refractivity contribution in [1.82, 2.24) is 0 Å². The van der Waals surface area contributed by atoms with Crippen molar-refractivity contribution in [3.63, 3.8) is 0 Å². The first kappa shape index (κ1) is 75.4. The van der Waals surface area contributed by atoms with Gasteiger partial charge in [-0.05, 0) is 0 Å². The predicted molar refractivity (Wildman–Crippen MR) is 24.0 cm³/mol. The molecular formula is H5Cl5K2Na2. The van der Waals surface area contributed by atoms with Gasteiger partial charge in [-0.15, -0.1) is 37.2 Å². The van der Waals surface area contributed by atoms with Gasteiger partial charge in [-0.25, -0.2) is 0 Å². The van der Waals surface area contributed by atoms with Gasteiger partial charge in [0.2, 0.25) is 0 Å². The average Bonchev–Trinajstić information content (AvgIpc) is 0. The molecule has 44 valence electrons. The molecule has 0 radical (unpaired) electrons. The molecule has 0 spiro atoms. The van der Waals surface area contributed by atoms with Crippen LogP contribution in [0.5, 0.6) is 0 Å². The van der Waals surface area contributed by atoms with E-state index in [1.54, 1.807) is 0 Å². The molecule has 0 aliphatic heterocycles. The summed E-state index contributed by atoms with van der Waals surface area (Å²) >= 11 is 0. The molecule has 0 aliphatic carbocycles. The molecule has 0 rings (SSSR count). The molecule has 0 saturated heterocycles. The van der Waals surface area contributed by atoms with Crippen LogP contribution in [0.1, 0.15) is 2.85 Å². The SMILES string of the molecule is Cl.Cl.Cl.[Cl-].[Cl-].[H-].[H-].[K+].[K+].[Na+].[Na+]. The first-order chi connectivity index (χ1) is 0. The molecule has 0 amide bonds. The number of hydrogen-bond acceptors (Lipinski definition) is 0. The van der Waals surface area contributed by atoms with Crippen LogP contribution in [0.2, 0.25) is 0 Å². The largest absolute Gasteiger partial charge is 1.00 e. The van der Waals surface area contributed by atoms with Gasteiger partial charge in [0.25, 0.3) is 0 Å². The second-order valence-electron chi connectivity index (χ2n) is 0. The van der Waals surface area contributed by atoms with Crippen molar-refractivity contribution in [1.29, 1.82) is 0 Å². The Morgan fingerprint density at radius 3 is 0.556 bits per heavy atom. The van der Waals surface area contributed by atoms with Crippen LogP contribution in [-0.2, 0) is 0 Å². The summed E-state index contributed by atoms with van der Waals surface area (Å²) in [6.45, 7) is 0. The van der Waals surface area contributed by atoms with E-state index in [2.05, 4.69) is 0 Å². The summed E-state index contributed by atoms with van der Waals surface area (Å²) < 4.78 is 0. The minimum absolute atomic E-state index is 0. The fraction of sp³-hybridized carbons (Fsp3) is 0. The molecule has 9 heavy (non-hydrogen) atoms. The predicted octanol–water partition coefficient (Wildman–Crippen LogP) is -16.5. The normalized spacial score (nSPS) is 0. The Morgan fingerprint density at radius 1 is 0.556 bits per heavy atom. The van der Waals surface area contributed by atoms with Crippen LogP contribution in [0.3, 0.4) is 0 Å². The van der Waals surface area contributed by atoms with E-state index in [4.69, 9.17) is 0 Å². The number of rotatable bonds is 0. The molecule has 0 N–H and O–H groups in total. The van der Waals surface area contributed by atoms with E-state index in [1.807, 2.05) is 0 Å². The number of hydrogen-bond donors (Lipinski definition) is 0. The summed E-state index contributed by atoms with van der Waals surface area (Å²) in [6.07, 6.45) is 0. The molecule has 0 unspecified atom stereocenters. The van der Waals surface area contributed by atoms with Crippen LogP contribution in [-0.4, -0.2) is 0 Å². The summed E-state index contributed by atoms with van der Waals surface area (Å²) in [5, 5.41) is 0. The van der Waals surface area contributed by atoms with Crippen molar-refractivity contribution in [2.24, 2.45) is 0 Å². The maximum absolute atomic E-state index is 0. The zero-order valence-electron chi connectivity index (χ0n) is 7.98. The van der Waals surface area contributed by atoms with Gasteiger partial charge in [0.1, 0.15) is 0 Å². The van der Waals surface area contributed by atoms with Gasteiger partial charge in [0, 0.05) is 0 Å². The third-order valence-electron chi connectivity index (χ3n) is 0. The van der Waals surface area contributed by atoms with E-state index >= 15 is 0 Å². The fourth-order valence-electron chi connectivity index (χ4n) is 0. The van der Waals surface area contributed by atoms with Crippen molar-refractivity contribution in [2.75, 3.05) is 0 Å². The molecule has 0 aliphatic rings. The third kappa shape index (κ3) is 52.7. The quantitative estimate of drug-likeness (QED) is 0.390. The standard InChI is InChI=1S/5ClH.2K.2Na.2H/h5*1H;;;;;;/q;;;;;4*+1;2*-1/p-2. The maximum atomic E-state index is 0. The molecule has 9 heteroatoms. The summed E-state index contributed by atoms with van der Waals surface area (Å²) in [7, 11) is 0. The van der Waals surface area contributed by atoms with Crippen molar-refractivity contribution in [2.45, 2.75) is 0 Å². The van der Waals surface area contributed by atoms with Crippen molar-refractivity contribution < 1.29 is 190 Å². The van der Waals surface area contributed by atoms with Gasteiger partial charge in [0.05, 0.1) is 0 Å². The Balaban J connectivity index is 0. The third-order valence-corrected chi connectivity index (χ3v) is 0. The fourth-order valence-corrected chi connectivity index (χ4v) is 0. The Hall–Kier alpha value is 6.72. The first-order valence-electron chi connectivity index (χ1n) is 0. The van der Waals surface area contributed by atoms with E-state index in [1.165, 1.54) is 0 Å². The van der Waals surface area contributed by atoms with Crippen LogP contribution in [0.15, 0.2) is 0 Å². The minimum Gasteiger partial charge on any atom is -1.00 e. The van der Waals surface area contributed by atoms with Crippen LogP contribution < -0.4 is 187 Å². The smallest absolute Gasteiger partial charge is 1.00 e. The first-order valence-corrected chi connectivity index (χ1v) is 0. The molecule has 0 aromatic rings. The van der Waals surface area contributed by atoms with Gasteiger partial charge in [-0.2, -0.15) is 0 Å². The van der Waals surface area contributed by atoms with Crippen molar-refractivity contribution in [3.8, 4) is 0 Å². The van der Waals surface area contributed by atoms with Gasteiger partial charge in [-0.1, -0.05) is 0 Å². The van der Waals surface area contributed by atoms with Crippen LogP contribution in [0.4, 0.5) is 0 Å². The van der Waals surface area contributed by atoms with Gasteiger partial charge in [0.15, 0.2) is 0 Å². The monoisotopic (exact) mass is 304 g/mol. The van der Waals surface area contributed by atoms with Gasteiger partial charge in [-0.3, -0.25) is 0 Å². The van der Waals surface area contributed by atoms with Crippen molar-refractivity contribution >= 4 is 37.2 Å². The van der Waals surface area contributed by atoms with Crippen LogP contribution >= 0.6 is 37.2 Å². The minimum atomic E-state index is 0. The van der Waals surface area contributed by atoms with E-state index in [-0.39, 0.29) is 227 Å². The summed E-state index contributed by atoms with van der Waals surface area (Å²) in [4.78, 5) is 0. The summed E-state index contributed by atoms with van der Waals surface area (Å²) in [6, 6.07) is 0. The van der Waals surface area contributed by atoms with E-state index in [9.17, 15) is 0 Å². The number of halogens is 5. The Bertz CT molecular complexity index is 20.4. The van der Waals surface area contributed by atoms with E-state index < -0.39 is 0 Å². The van der Waals surface area contributed by atoms with Crippen LogP contribution in [0, 0.1) is 0 Å². The molecular weight excluding hydrogens is 301 g/mol. The molecule has 0 nitrogen and oxygen atoms in total. The second kappa shape index (κ2) is 61.3. The average molecular weight is 306 g/mol. The van der Waals surface area contributed by atoms with Crippen molar-refractivity contribution in [3.05, 3.63) is 0 Å². The molecule has 0 saturated carbocycles.